The third kappa shape index (κ3) is 3.92. The van der Waals surface area contributed by atoms with Gasteiger partial charge in [-0.2, -0.15) is 0 Å². The fourth-order valence-corrected chi connectivity index (χ4v) is 3.46. The Morgan fingerprint density at radius 3 is 2.40 bits per heavy atom. The molecule has 0 saturated carbocycles. The van der Waals surface area contributed by atoms with E-state index < -0.39 is 0 Å². The third-order valence-corrected chi connectivity index (χ3v) is 4.68. The van der Waals surface area contributed by atoms with Gasteiger partial charge in [-0.25, -0.2) is 0 Å². The molecule has 2 rings (SSSR count). The zero-order valence-corrected chi connectivity index (χ0v) is 13.5. The molecule has 0 aliphatic carbocycles. The maximum Gasteiger partial charge on any atom is 0.160 e. The molecule has 2 aromatic carbocycles. The number of benzene rings is 2. The van der Waals surface area contributed by atoms with E-state index in [0.29, 0.717) is 0 Å². The zero-order chi connectivity index (χ0) is 14.2. The number of hydrogen-bond acceptors (Lipinski definition) is 1. The average molecular weight is 289 g/mol. The van der Waals surface area contributed by atoms with Gasteiger partial charge in [0.15, 0.2) is 4.90 Å². The van der Waals surface area contributed by atoms with E-state index in [0.717, 1.165) is 18.8 Å². The summed E-state index contributed by atoms with van der Waals surface area (Å²) in [6, 6.07) is 13.0. The number of unbranched alkanes of at least 4 members (excludes halogenated alkanes) is 2. The van der Waals surface area contributed by atoms with E-state index in [9.17, 15) is 0 Å². The van der Waals surface area contributed by atoms with Gasteiger partial charge in [0.25, 0.3) is 0 Å². The fraction of sp³-hybridized carbons (Fsp3) is 0.444. The van der Waals surface area contributed by atoms with Crippen LogP contribution in [-0.2, 0) is 11.8 Å². The molecule has 0 spiro atoms. The quantitative estimate of drug-likeness (QED) is 0.378. The van der Waals surface area contributed by atoms with Crippen LogP contribution >= 0.6 is 0 Å². The third-order valence-electron chi connectivity index (χ3n) is 3.41. The lowest BCUT2D eigenvalue weighted by Crippen LogP contribution is -1.98. The van der Waals surface area contributed by atoms with Crippen LogP contribution in [0.5, 0.6) is 5.75 Å². The van der Waals surface area contributed by atoms with Gasteiger partial charge < -0.3 is 4.74 Å². The Morgan fingerprint density at radius 1 is 0.900 bits per heavy atom. The summed E-state index contributed by atoms with van der Waals surface area (Å²) in [6.45, 7) is 5.25. The van der Waals surface area contributed by atoms with Crippen LogP contribution in [0.25, 0.3) is 10.8 Å². The summed E-state index contributed by atoms with van der Waals surface area (Å²) in [7, 11) is 0. The van der Waals surface area contributed by atoms with Gasteiger partial charge in [-0.3, -0.25) is 0 Å². The van der Waals surface area contributed by atoms with Crippen LogP contribution in [-0.4, -0.2) is 12.4 Å². The molecule has 0 unspecified atom stereocenters. The normalized spacial score (nSPS) is 10.9. The van der Waals surface area contributed by atoms with Crippen LogP contribution in [0.2, 0.25) is 0 Å². The first-order valence-corrected chi connectivity index (χ1v) is 8.76. The van der Waals surface area contributed by atoms with Crippen molar-refractivity contribution in [2.24, 2.45) is 0 Å². The lowest BCUT2D eigenvalue weighted by Gasteiger charge is -2.09. The Morgan fingerprint density at radius 2 is 1.65 bits per heavy atom. The van der Waals surface area contributed by atoms with E-state index in [2.05, 4.69) is 50.2 Å². The molecule has 0 aromatic heterocycles. The Balaban J connectivity index is 2.22. The van der Waals surface area contributed by atoms with E-state index in [1.165, 1.54) is 52.4 Å². The van der Waals surface area contributed by atoms with E-state index >= 15 is 0 Å². The summed E-state index contributed by atoms with van der Waals surface area (Å²) < 4.78 is 5.94. The molecule has 0 atom stereocenters. The highest BCUT2D eigenvalue weighted by molar-refractivity contribution is 7.78. The van der Waals surface area contributed by atoms with Crippen LogP contribution < -0.4 is 4.74 Å². The van der Waals surface area contributed by atoms with E-state index in [-0.39, 0.29) is 0 Å². The summed E-state index contributed by atoms with van der Waals surface area (Å²) in [5.41, 5.74) is 0. The molecule has 0 aliphatic rings. The zero-order valence-electron chi connectivity index (χ0n) is 12.6. The number of fused-ring (bicyclic) bond motifs is 1. The predicted molar refractivity (Wildman–Crippen MR) is 91.2 cm³/mol. The van der Waals surface area contributed by atoms with Crippen molar-refractivity contribution < 1.29 is 4.74 Å². The number of thiol groups is 1. The molecule has 0 radical (unpaired) electrons. The van der Waals surface area contributed by atoms with Gasteiger partial charge >= 0.3 is 0 Å². The standard InChI is InChI=1S/C18H24OS/c1-3-5-13-19-17-11-12-18(20-14-6-4-2)16-10-8-7-9-15(16)17/h7-12H,3-6,13-14H2,1-2H3/p+1. The minimum Gasteiger partial charge on any atom is -0.493 e. The van der Waals surface area contributed by atoms with Crippen molar-refractivity contribution in [2.75, 3.05) is 12.4 Å². The Kier molecular flexibility index (Phi) is 6.25. The van der Waals surface area contributed by atoms with Gasteiger partial charge in [0.2, 0.25) is 0 Å². The smallest absolute Gasteiger partial charge is 0.160 e. The summed E-state index contributed by atoms with van der Waals surface area (Å²) >= 11 is 1.43. The minimum absolute atomic E-state index is 0.813. The maximum absolute atomic E-state index is 5.94. The summed E-state index contributed by atoms with van der Waals surface area (Å²) in [6.07, 6.45) is 4.85. The molecule has 108 valence electrons. The fourth-order valence-electron chi connectivity index (χ4n) is 2.20. The molecule has 2 heteroatoms. The molecule has 20 heavy (non-hydrogen) atoms. The number of ether oxygens (including phenoxy) is 1. The van der Waals surface area contributed by atoms with Crippen molar-refractivity contribution in [2.45, 2.75) is 44.4 Å². The van der Waals surface area contributed by atoms with E-state index in [1.807, 2.05) is 0 Å². The Bertz CT molecular complexity index is 487. The van der Waals surface area contributed by atoms with Crippen molar-refractivity contribution in [3.8, 4) is 5.75 Å². The monoisotopic (exact) mass is 289 g/mol. The maximum atomic E-state index is 5.94. The van der Waals surface area contributed by atoms with Crippen LogP contribution in [0.15, 0.2) is 41.3 Å². The van der Waals surface area contributed by atoms with E-state index in [1.54, 1.807) is 0 Å². The summed E-state index contributed by atoms with van der Waals surface area (Å²) in [4.78, 5) is 1.43. The van der Waals surface area contributed by atoms with Crippen molar-refractivity contribution in [1.82, 2.24) is 0 Å². The van der Waals surface area contributed by atoms with Crippen LogP contribution in [0.1, 0.15) is 39.5 Å². The van der Waals surface area contributed by atoms with Crippen molar-refractivity contribution in [3.05, 3.63) is 36.4 Å². The largest absolute Gasteiger partial charge is 0.493 e. The second kappa shape index (κ2) is 8.21. The van der Waals surface area contributed by atoms with Gasteiger partial charge in [-0.15, -0.1) is 0 Å². The van der Waals surface area contributed by atoms with Crippen molar-refractivity contribution >= 4 is 22.5 Å². The van der Waals surface area contributed by atoms with Gasteiger partial charge in [0, 0.05) is 22.5 Å². The SMILES string of the molecule is CCCCOc1ccc([SH+]CCCC)c2ccccc12. The summed E-state index contributed by atoms with van der Waals surface area (Å²) in [5, 5.41) is 2.60. The molecule has 0 amide bonds. The first kappa shape index (κ1) is 15.2. The van der Waals surface area contributed by atoms with E-state index in [4.69, 9.17) is 4.74 Å². The lowest BCUT2D eigenvalue weighted by atomic mass is 10.1. The number of hydrogen-bond donors (Lipinski definition) is 0. The molecule has 0 N–H and O–H groups in total. The minimum atomic E-state index is 0.813. The van der Waals surface area contributed by atoms with Crippen LogP contribution in [0, 0.1) is 0 Å². The predicted octanol–water partition coefficient (Wildman–Crippen LogP) is 4.99. The molecule has 0 saturated heterocycles. The van der Waals surface area contributed by atoms with Gasteiger partial charge in [0.05, 0.1) is 6.61 Å². The summed E-state index contributed by atoms with van der Waals surface area (Å²) in [5.74, 6) is 2.28. The number of rotatable bonds is 8. The van der Waals surface area contributed by atoms with Gasteiger partial charge in [0.1, 0.15) is 11.5 Å². The molecule has 0 aliphatic heterocycles. The molecule has 0 heterocycles. The first-order chi connectivity index (χ1) is 9.86. The highest BCUT2D eigenvalue weighted by Crippen LogP contribution is 2.30. The van der Waals surface area contributed by atoms with Gasteiger partial charge in [-0.1, -0.05) is 44.9 Å². The molecule has 1 nitrogen and oxygen atoms in total. The molecule has 0 fully saturated rings. The second-order valence-corrected chi connectivity index (χ2v) is 6.31. The highest BCUT2D eigenvalue weighted by atomic mass is 32.2. The first-order valence-electron chi connectivity index (χ1n) is 7.68. The molecular formula is C18H25OS+. The van der Waals surface area contributed by atoms with Crippen LogP contribution in [0.3, 0.4) is 0 Å². The molecule has 0 bridgehead atoms. The Labute approximate surface area is 126 Å². The second-order valence-electron chi connectivity index (χ2n) is 5.07. The van der Waals surface area contributed by atoms with Crippen LogP contribution in [0.4, 0.5) is 0 Å². The average Bonchev–Trinajstić information content (AvgIpc) is 2.49. The Hall–Kier alpha value is -1.15. The van der Waals surface area contributed by atoms with Crippen molar-refractivity contribution in [1.29, 1.82) is 0 Å². The molecular weight excluding hydrogens is 264 g/mol. The lowest BCUT2D eigenvalue weighted by molar-refractivity contribution is 0.313. The van der Waals surface area contributed by atoms with Gasteiger partial charge in [-0.05, 0) is 31.0 Å². The highest BCUT2D eigenvalue weighted by Gasteiger charge is 2.11. The van der Waals surface area contributed by atoms with Crippen molar-refractivity contribution in [3.63, 3.8) is 0 Å². The molecule has 2 aromatic rings. The topological polar surface area (TPSA) is 9.23 Å².